The van der Waals surface area contributed by atoms with E-state index in [4.69, 9.17) is 5.26 Å². The number of aromatic amines is 1. The van der Waals surface area contributed by atoms with E-state index in [0.717, 1.165) is 79.6 Å². The third-order valence-corrected chi connectivity index (χ3v) is 8.22. The summed E-state index contributed by atoms with van der Waals surface area (Å²) in [7, 11) is 0. The topological polar surface area (TPSA) is 71.8 Å². The first-order valence-electron chi connectivity index (χ1n) is 11.9. The summed E-state index contributed by atoms with van der Waals surface area (Å²) in [4.78, 5) is 17.2. The molecule has 188 valence electrons. The number of likely N-dealkylation sites (tertiary alicyclic amines) is 1. The van der Waals surface area contributed by atoms with Crippen LogP contribution in [0.4, 0.5) is 19.0 Å². The molecule has 5 heterocycles. The maximum absolute atomic E-state index is 12.9. The predicted molar refractivity (Wildman–Crippen MR) is 136 cm³/mol. The Hall–Kier alpha value is -3.16. The third-order valence-electron chi connectivity index (χ3n) is 7.18. The van der Waals surface area contributed by atoms with Crippen molar-refractivity contribution in [2.24, 2.45) is 5.41 Å². The van der Waals surface area contributed by atoms with Crippen molar-refractivity contribution in [2.75, 3.05) is 37.6 Å². The second-order valence-corrected chi connectivity index (χ2v) is 11.0. The van der Waals surface area contributed by atoms with Crippen LogP contribution in [0, 0.1) is 23.7 Å². The molecule has 0 aromatic carbocycles. The number of alkyl halides is 3. The zero-order valence-corrected chi connectivity index (χ0v) is 20.8. The van der Waals surface area contributed by atoms with Gasteiger partial charge in [0.05, 0.1) is 11.8 Å². The Labute approximate surface area is 211 Å². The van der Waals surface area contributed by atoms with E-state index in [2.05, 4.69) is 43.5 Å². The predicted octanol–water partition coefficient (Wildman–Crippen LogP) is 5.48. The van der Waals surface area contributed by atoms with Crippen molar-refractivity contribution in [1.29, 1.82) is 5.26 Å². The van der Waals surface area contributed by atoms with E-state index in [1.54, 1.807) is 6.07 Å². The number of rotatable bonds is 6. The van der Waals surface area contributed by atoms with E-state index in [-0.39, 0.29) is 10.3 Å². The summed E-state index contributed by atoms with van der Waals surface area (Å²) in [5.74, 6) is 0.743. The van der Waals surface area contributed by atoms with Crippen LogP contribution >= 0.6 is 11.3 Å². The SMILES string of the molecule is C=C/C(=C\c1[nH]c(C#N)cc1C)CN1CCC2(CC1)CN(c1ncnc3sc(CC(F)(F)F)cc13)C2. The molecule has 0 unspecified atom stereocenters. The van der Waals surface area contributed by atoms with Crippen molar-refractivity contribution in [3.63, 3.8) is 0 Å². The number of piperidine rings is 1. The molecule has 36 heavy (non-hydrogen) atoms. The second kappa shape index (κ2) is 9.37. The van der Waals surface area contributed by atoms with E-state index >= 15 is 0 Å². The number of thiophene rings is 1. The lowest BCUT2D eigenvalue weighted by Crippen LogP contribution is -2.60. The van der Waals surface area contributed by atoms with E-state index in [1.165, 1.54) is 6.33 Å². The number of aryl methyl sites for hydroxylation is 1. The van der Waals surface area contributed by atoms with Crippen molar-refractivity contribution in [1.82, 2.24) is 19.9 Å². The van der Waals surface area contributed by atoms with Crippen LogP contribution in [0.1, 0.15) is 34.7 Å². The molecule has 3 aromatic heterocycles. The molecule has 3 aromatic rings. The van der Waals surface area contributed by atoms with E-state index in [9.17, 15) is 13.2 Å². The lowest BCUT2D eigenvalue weighted by molar-refractivity contribution is -0.126. The van der Waals surface area contributed by atoms with Gasteiger partial charge in [0.25, 0.3) is 0 Å². The molecule has 2 aliphatic heterocycles. The fraction of sp³-hybridized carbons (Fsp3) is 0.423. The zero-order chi connectivity index (χ0) is 25.5. The summed E-state index contributed by atoms with van der Waals surface area (Å²) >= 11 is 1.09. The van der Waals surface area contributed by atoms with Crippen LogP contribution < -0.4 is 4.90 Å². The normalized spacial score (nSPS) is 18.4. The standard InChI is InChI=1S/C26H27F3N6S/c1-3-18(9-22-17(2)8-19(12-30)33-22)13-34-6-4-25(5-7-34)14-35(15-25)23-21-10-20(11-26(27,28)29)36-24(21)32-16-31-23/h3,8-10,16,33H,1,4-7,11,13-15H2,2H3/b18-9+. The molecule has 1 spiro atoms. The van der Waals surface area contributed by atoms with Crippen molar-refractivity contribution in [3.8, 4) is 6.07 Å². The highest BCUT2D eigenvalue weighted by atomic mass is 32.1. The van der Waals surface area contributed by atoms with Crippen molar-refractivity contribution < 1.29 is 13.2 Å². The minimum absolute atomic E-state index is 0.217. The smallest absolute Gasteiger partial charge is 0.355 e. The number of nitrogens with zero attached hydrogens (tertiary/aromatic N) is 5. The quantitative estimate of drug-likeness (QED) is 0.443. The summed E-state index contributed by atoms with van der Waals surface area (Å²) in [6, 6.07) is 5.59. The zero-order valence-electron chi connectivity index (χ0n) is 20.0. The first kappa shape index (κ1) is 24.5. The van der Waals surface area contributed by atoms with Gasteiger partial charge < -0.3 is 9.88 Å². The van der Waals surface area contributed by atoms with Crippen molar-refractivity contribution in [3.05, 3.63) is 58.5 Å². The first-order chi connectivity index (χ1) is 17.2. The van der Waals surface area contributed by atoms with Gasteiger partial charge in [-0.2, -0.15) is 18.4 Å². The highest BCUT2D eigenvalue weighted by molar-refractivity contribution is 7.18. The average Bonchev–Trinajstić information content (AvgIpc) is 3.38. The molecule has 6 nitrogen and oxygen atoms in total. The molecule has 0 bridgehead atoms. The fourth-order valence-electron chi connectivity index (χ4n) is 5.24. The van der Waals surface area contributed by atoms with Gasteiger partial charge in [-0.05, 0) is 62.2 Å². The minimum atomic E-state index is -4.23. The van der Waals surface area contributed by atoms with Gasteiger partial charge in [0.15, 0.2) is 0 Å². The molecule has 0 radical (unpaired) electrons. The maximum atomic E-state index is 12.9. The fourth-order valence-corrected chi connectivity index (χ4v) is 6.26. The molecule has 0 aliphatic carbocycles. The highest BCUT2D eigenvalue weighted by Crippen LogP contribution is 2.44. The summed E-state index contributed by atoms with van der Waals surface area (Å²) in [5.41, 5.74) is 3.84. The molecular weight excluding hydrogens is 485 g/mol. The number of nitrogens with one attached hydrogen (secondary N) is 1. The Bertz CT molecular complexity index is 1350. The lowest BCUT2D eigenvalue weighted by atomic mass is 9.72. The third kappa shape index (κ3) is 5.04. The lowest BCUT2D eigenvalue weighted by Gasteiger charge is -2.54. The molecule has 2 fully saturated rings. The molecule has 1 N–H and O–H groups in total. The van der Waals surface area contributed by atoms with Crippen molar-refractivity contribution >= 4 is 33.4 Å². The number of H-pyrrole nitrogens is 1. The van der Waals surface area contributed by atoms with Crippen LogP contribution in [-0.2, 0) is 6.42 Å². The minimum Gasteiger partial charge on any atom is -0.355 e. The van der Waals surface area contributed by atoms with Gasteiger partial charge in [-0.1, -0.05) is 12.7 Å². The van der Waals surface area contributed by atoms with Gasteiger partial charge in [-0.3, -0.25) is 4.90 Å². The molecule has 10 heteroatoms. The molecule has 2 saturated heterocycles. The monoisotopic (exact) mass is 512 g/mol. The van der Waals surface area contributed by atoms with Gasteiger partial charge in [0.1, 0.15) is 28.7 Å². The molecule has 0 amide bonds. The summed E-state index contributed by atoms with van der Waals surface area (Å²) in [5, 5.41) is 9.83. The van der Waals surface area contributed by atoms with Gasteiger partial charge in [0.2, 0.25) is 0 Å². The van der Waals surface area contributed by atoms with E-state index in [1.807, 2.05) is 19.1 Å². The number of aromatic nitrogens is 3. The van der Waals surface area contributed by atoms with Crippen LogP contribution in [0.25, 0.3) is 16.3 Å². The van der Waals surface area contributed by atoms with Crippen molar-refractivity contribution in [2.45, 2.75) is 32.4 Å². The molecule has 0 saturated carbocycles. The Morgan fingerprint density at radius 1 is 1.28 bits per heavy atom. The Kier molecular flexibility index (Phi) is 6.39. The number of nitriles is 1. The van der Waals surface area contributed by atoms with Gasteiger partial charge >= 0.3 is 6.18 Å². The number of hydrogen-bond donors (Lipinski definition) is 1. The number of halogens is 3. The second-order valence-electron chi connectivity index (χ2n) is 9.87. The van der Waals surface area contributed by atoms with Gasteiger partial charge in [0, 0.05) is 35.6 Å². The number of fused-ring (bicyclic) bond motifs is 1. The van der Waals surface area contributed by atoms with Gasteiger partial charge in [-0.25, -0.2) is 9.97 Å². The van der Waals surface area contributed by atoms with E-state index < -0.39 is 12.6 Å². The number of anilines is 1. The van der Waals surface area contributed by atoms with Crippen LogP contribution in [0.2, 0.25) is 0 Å². The summed E-state index contributed by atoms with van der Waals surface area (Å²) in [6.07, 6.45) is 2.34. The molecule has 2 aliphatic rings. The first-order valence-corrected chi connectivity index (χ1v) is 12.7. The number of hydrogen-bond acceptors (Lipinski definition) is 6. The maximum Gasteiger partial charge on any atom is 0.393 e. The molecule has 0 atom stereocenters. The van der Waals surface area contributed by atoms with Crippen LogP contribution in [0.5, 0.6) is 0 Å². The molecule has 5 rings (SSSR count). The average molecular weight is 513 g/mol. The Morgan fingerprint density at radius 2 is 2.03 bits per heavy atom. The summed E-state index contributed by atoms with van der Waals surface area (Å²) < 4.78 is 38.6. The Morgan fingerprint density at radius 3 is 2.67 bits per heavy atom. The Balaban J connectivity index is 1.20. The molecular formula is C26H27F3N6S. The highest BCUT2D eigenvalue weighted by Gasteiger charge is 2.45. The van der Waals surface area contributed by atoms with Crippen LogP contribution in [0.3, 0.4) is 0 Å². The largest absolute Gasteiger partial charge is 0.393 e. The summed E-state index contributed by atoms with van der Waals surface area (Å²) in [6.45, 7) is 10.4. The van der Waals surface area contributed by atoms with E-state index in [0.29, 0.717) is 15.9 Å². The van der Waals surface area contributed by atoms with Crippen LogP contribution in [0.15, 0.2) is 36.7 Å². The van der Waals surface area contributed by atoms with Crippen LogP contribution in [-0.4, -0.2) is 58.8 Å². The van der Waals surface area contributed by atoms with Gasteiger partial charge in [-0.15, -0.1) is 11.3 Å².